The Kier molecular flexibility index (Phi) is 7.02. The minimum Gasteiger partial charge on any atom is -0.490 e. The lowest BCUT2D eigenvalue weighted by molar-refractivity contribution is -0.138. The summed E-state index contributed by atoms with van der Waals surface area (Å²) in [6, 6.07) is 17.4. The molecule has 0 fully saturated rings. The maximum absolute atomic E-state index is 12.6. The number of aliphatic carboxylic acids is 1. The monoisotopic (exact) mass is 446 g/mol. The van der Waals surface area contributed by atoms with Crippen molar-refractivity contribution in [2.75, 3.05) is 6.61 Å². The Bertz CT molecular complexity index is 1090. The van der Waals surface area contributed by atoms with E-state index in [1.165, 1.54) is 12.1 Å². The van der Waals surface area contributed by atoms with Gasteiger partial charge >= 0.3 is 12.1 Å². The molecule has 0 radical (unpaired) electrons. The van der Waals surface area contributed by atoms with Crippen LogP contribution in [0.3, 0.4) is 0 Å². The highest BCUT2D eigenvalue weighted by Gasteiger charge is 2.29. The quantitative estimate of drug-likeness (QED) is 0.437. The summed E-state index contributed by atoms with van der Waals surface area (Å²) in [6.45, 7) is 0.232. The fourth-order valence-corrected chi connectivity index (χ4v) is 3.11. The third-order valence-electron chi connectivity index (χ3n) is 4.45. The van der Waals surface area contributed by atoms with Gasteiger partial charge in [-0.3, -0.25) is 4.79 Å². The third kappa shape index (κ3) is 6.36. The first-order valence-electron chi connectivity index (χ1n) is 9.29. The number of carboxylic acid groups (broad SMARTS) is 1. The van der Waals surface area contributed by atoms with E-state index in [1.807, 2.05) is 18.2 Å². The highest BCUT2D eigenvalue weighted by atomic mass is 35.5. The zero-order valence-corrected chi connectivity index (χ0v) is 17.0. The standard InChI is InChI=1S/C24H18ClF3O3/c25-22-11-8-18(13-19(22)15-23(29)30)17-4-1-5-21(14-17)31-12-2-3-16-6-9-20(10-7-16)24(26,27)28/h1-11,13-14H,12,15H2,(H,29,30). The Hall–Kier alpha value is -3.25. The number of ether oxygens (including phenoxy) is 1. The summed E-state index contributed by atoms with van der Waals surface area (Å²) >= 11 is 6.07. The second-order valence-corrected chi connectivity index (χ2v) is 7.14. The van der Waals surface area contributed by atoms with Crippen LogP contribution in [0.2, 0.25) is 5.02 Å². The van der Waals surface area contributed by atoms with Crippen molar-refractivity contribution in [3.05, 3.63) is 94.5 Å². The Morgan fingerprint density at radius 3 is 2.39 bits per heavy atom. The molecular formula is C24H18ClF3O3. The number of halogens is 4. The summed E-state index contributed by atoms with van der Waals surface area (Å²) in [6.07, 6.45) is -1.13. The van der Waals surface area contributed by atoms with Gasteiger partial charge in [-0.15, -0.1) is 0 Å². The van der Waals surface area contributed by atoms with Crippen molar-refractivity contribution in [2.45, 2.75) is 12.6 Å². The highest BCUT2D eigenvalue weighted by Crippen LogP contribution is 2.30. The van der Waals surface area contributed by atoms with Crippen LogP contribution in [0, 0.1) is 0 Å². The summed E-state index contributed by atoms with van der Waals surface area (Å²) in [7, 11) is 0. The van der Waals surface area contributed by atoms with Crippen molar-refractivity contribution >= 4 is 23.6 Å². The van der Waals surface area contributed by atoms with Crippen molar-refractivity contribution in [3.63, 3.8) is 0 Å². The number of hydrogen-bond acceptors (Lipinski definition) is 2. The van der Waals surface area contributed by atoms with E-state index in [0.717, 1.165) is 23.3 Å². The second kappa shape index (κ2) is 9.71. The predicted molar refractivity (Wildman–Crippen MR) is 114 cm³/mol. The van der Waals surface area contributed by atoms with Gasteiger partial charge in [0.25, 0.3) is 0 Å². The molecule has 7 heteroatoms. The SMILES string of the molecule is O=C(O)Cc1cc(-c2cccc(OCC=Cc3ccc(C(F)(F)F)cc3)c2)ccc1Cl. The predicted octanol–water partition coefficient (Wildman–Crippen LogP) is 6.75. The Morgan fingerprint density at radius 1 is 1.00 bits per heavy atom. The maximum atomic E-state index is 12.6. The molecule has 0 spiro atoms. The van der Waals surface area contributed by atoms with Gasteiger partial charge in [-0.05, 0) is 64.7 Å². The molecule has 0 unspecified atom stereocenters. The molecule has 0 atom stereocenters. The lowest BCUT2D eigenvalue weighted by Crippen LogP contribution is -2.03. The summed E-state index contributed by atoms with van der Waals surface area (Å²) in [5, 5.41) is 9.41. The number of alkyl halides is 3. The first kappa shape index (κ1) is 22.4. The van der Waals surface area contributed by atoms with Gasteiger partial charge in [0, 0.05) is 5.02 Å². The summed E-state index contributed by atoms with van der Waals surface area (Å²) in [5.74, 6) is -0.361. The van der Waals surface area contributed by atoms with Gasteiger partial charge in [-0.25, -0.2) is 0 Å². The number of rotatable bonds is 7. The molecule has 0 aliphatic rings. The lowest BCUT2D eigenvalue weighted by Gasteiger charge is -2.09. The highest BCUT2D eigenvalue weighted by molar-refractivity contribution is 6.31. The molecule has 0 aliphatic carbocycles. The molecule has 0 saturated heterocycles. The molecule has 0 amide bonds. The average Bonchev–Trinajstić information content (AvgIpc) is 2.72. The number of carbonyl (C=O) groups is 1. The van der Waals surface area contributed by atoms with Crippen LogP contribution in [-0.2, 0) is 17.4 Å². The van der Waals surface area contributed by atoms with Crippen molar-refractivity contribution in [1.29, 1.82) is 0 Å². The average molecular weight is 447 g/mol. The molecule has 3 aromatic carbocycles. The van der Waals surface area contributed by atoms with Gasteiger partial charge in [0.1, 0.15) is 12.4 Å². The van der Waals surface area contributed by atoms with Crippen LogP contribution < -0.4 is 4.74 Å². The molecule has 0 aliphatic heterocycles. The Balaban J connectivity index is 1.65. The molecule has 0 heterocycles. The van der Waals surface area contributed by atoms with Gasteiger partial charge in [0.15, 0.2) is 0 Å². The molecule has 31 heavy (non-hydrogen) atoms. The van der Waals surface area contributed by atoms with Gasteiger partial charge in [0.05, 0.1) is 12.0 Å². The first-order chi connectivity index (χ1) is 14.7. The maximum Gasteiger partial charge on any atom is 0.416 e. The van der Waals surface area contributed by atoms with Gasteiger partial charge in [-0.1, -0.05) is 48.0 Å². The largest absolute Gasteiger partial charge is 0.490 e. The van der Waals surface area contributed by atoms with E-state index >= 15 is 0 Å². The zero-order valence-electron chi connectivity index (χ0n) is 16.2. The number of hydrogen-bond donors (Lipinski definition) is 1. The minimum absolute atomic E-state index is 0.169. The minimum atomic E-state index is -4.35. The molecule has 0 aromatic heterocycles. The number of benzene rings is 3. The smallest absolute Gasteiger partial charge is 0.416 e. The van der Waals surface area contributed by atoms with E-state index in [2.05, 4.69) is 0 Å². The van der Waals surface area contributed by atoms with E-state index < -0.39 is 17.7 Å². The molecule has 3 rings (SSSR count). The third-order valence-corrected chi connectivity index (χ3v) is 4.82. The van der Waals surface area contributed by atoms with Crippen LogP contribution in [-0.4, -0.2) is 17.7 Å². The van der Waals surface area contributed by atoms with Crippen LogP contribution in [0.4, 0.5) is 13.2 Å². The fourth-order valence-electron chi connectivity index (χ4n) is 2.93. The molecule has 3 aromatic rings. The van der Waals surface area contributed by atoms with E-state index in [0.29, 0.717) is 21.9 Å². The molecule has 1 N–H and O–H groups in total. The van der Waals surface area contributed by atoms with Gasteiger partial charge in [0.2, 0.25) is 0 Å². The van der Waals surface area contributed by atoms with Gasteiger partial charge < -0.3 is 9.84 Å². The molecule has 160 valence electrons. The fraction of sp³-hybridized carbons (Fsp3) is 0.125. The zero-order chi connectivity index (χ0) is 22.4. The van der Waals surface area contributed by atoms with E-state index in [9.17, 15) is 18.0 Å². The molecule has 3 nitrogen and oxygen atoms in total. The van der Waals surface area contributed by atoms with Crippen molar-refractivity contribution in [3.8, 4) is 16.9 Å². The summed E-state index contributed by atoms with van der Waals surface area (Å²) in [5.41, 5.74) is 2.13. The van der Waals surface area contributed by atoms with Crippen molar-refractivity contribution < 1.29 is 27.8 Å². The van der Waals surface area contributed by atoms with E-state index in [-0.39, 0.29) is 13.0 Å². The normalized spacial score (nSPS) is 11.6. The lowest BCUT2D eigenvalue weighted by atomic mass is 10.0. The summed E-state index contributed by atoms with van der Waals surface area (Å²) < 4.78 is 43.5. The van der Waals surface area contributed by atoms with Crippen LogP contribution >= 0.6 is 11.6 Å². The van der Waals surface area contributed by atoms with Crippen molar-refractivity contribution in [2.24, 2.45) is 0 Å². The Morgan fingerprint density at radius 2 is 1.71 bits per heavy atom. The van der Waals surface area contributed by atoms with Gasteiger partial charge in [-0.2, -0.15) is 13.2 Å². The molecule has 0 bridgehead atoms. The second-order valence-electron chi connectivity index (χ2n) is 6.74. The number of carboxylic acids is 1. The van der Waals surface area contributed by atoms with Crippen LogP contribution in [0.15, 0.2) is 72.8 Å². The molecule has 0 saturated carbocycles. The topological polar surface area (TPSA) is 46.5 Å². The van der Waals surface area contributed by atoms with Crippen LogP contribution in [0.25, 0.3) is 17.2 Å². The first-order valence-corrected chi connectivity index (χ1v) is 9.67. The van der Waals surface area contributed by atoms with Crippen molar-refractivity contribution in [1.82, 2.24) is 0 Å². The van der Waals surface area contributed by atoms with Crippen LogP contribution in [0.1, 0.15) is 16.7 Å². The van der Waals surface area contributed by atoms with E-state index in [4.69, 9.17) is 21.4 Å². The van der Waals surface area contributed by atoms with E-state index in [1.54, 1.807) is 36.4 Å². The van der Waals surface area contributed by atoms with Crippen LogP contribution in [0.5, 0.6) is 5.75 Å². The molecular weight excluding hydrogens is 429 g/mol. The summed E-state index contributed by atoms with van der Waals surface area (Å²) in [4.78, 5) is 11.0. The Labute approximate surface area is 182 Å².